The maximum Gasteiger partial charge on any atom is 0.305 e. The Balaban J connectivity index is 1.88. The highest BCUT2D eigenvalue weighted by molar-refractivity contribution is 5.69. The van der Waals surface area contributed by atoms with Gasteiger partial charge in [-0.2, -0.15) is 0 Å². The van der Waals surface area contributed by atoms with Crippen molar-refractivity contribution in [3.63, 3.8) is 0 Å². The second-order valence-electron chi connectivity index (χ2n) is 12.5. The van der Waals surface area contributed by atoms with Crippen LogP contribution in [0.25, 0.3) is 0 Å². The van der Waals surface area contributed by atoms with Crippen LogP contribution in [0.5, 0.6) is 0 Å². The van der Waals surface area contributed by atoms with Crippen molar-refractivity contribution in [2.45, 2.75) is 167 Å². The topological polar surface area (TPSA) is 85.4 Å². The van der Waals surface area contributed by atoms with Crippen molar-refractivity contribution < 1.29 is 28.9 Å². The standard InChI is InChI=1S/C37H64O6/c1-4-5-20-26-34-35(43-34)27-22-17-13-8-6-7-9-14-18-23-28-36(39)41-30-33(38)31-42-37(40)29-24-19-15-11-10-12-16-21-25-32(2)3/h6,8-9,14,17,22,32-35,38H,4-5,7,10-13,15-16,18-21,23-31H2,1-3H3/b8-6-,14-9-,22-17-/t33-,34?,35?/m1/s1. The zero-order valence-electron chi connectivity index (χ0n) is 27.8. The predicted octanol–water partition coefficient (Wildman–Crippen LogP) is 9.35. The van der Waals surface area contributed by atoms with E-state index in [1.54, 1.807) is 0 Å². The first-order valence-electron chi connectivity index (χ1n) is 17.5. The quantitative estimate of drug-likeness (QED) is 0.0396. The number of unbranched alkanes of at least 4 members (excludes halogenated alkanes) is 10. The lowest BCUT2D eigenvalue weighted by Crippen LogP contribution is -2.25. The number of rotatable bonds is 29. The molecule has 0 radical (unpaired) electrons. The number of aliphatic hydroxyl groups is 1. The van der Waals surface area contributed by atoms with E-state index >= 15 is 0 Å². The fourth-order valence-electron chi connectivity index (χ4n) is 4.94. The van der Waals surface area contributed by atoms with Gasteiger partial charge in [-0.25, -0.2) is 0 Å². The molecule has 1 aliphatic heterocycles. The average Bonchev–Trinajstić information content (AvgIpc) is 3.74. The van der Waals surface area contributed by atoms with Crippen LogP contribution < -0.4 is 0 Å². The Hall–Kier alpha value is -1.92. The summed E-state index contributed by atoms with van der Waals surface area (Å²) >= 11 is 0. The molecule has 1 saturated heterocycles. The maximum atomic E-state index is 11.9. The monoisotopic (exact) mass is 604 g/mol. The maximum absolute atomic E-state index is 11.9. The van der Waals surface area contributed by atoms with E-state index in [0.29, 0.717) is 31.5 Å². The number of hydrogen-bond acceptors (Lipinski definition) is 6. The van der Waals surface area contributed by atoms with Gasteiger partial charge in [-0.05, 0) is 50.9 Å². The van der Waals surface area contributed by atoms with Crippen molar-refractivity contribution in [3.05, 3.63) is 36.5 Å². The molecule has 0 bridgehead atoms. The Morgan fingerprint density at radius 3 is 1.88 bits per heavy atom. The van der Waals surface area contributed by atoms with Gasteiger partial charge in [-0.3, -0.25) is 9.59 Å². The van der Waals surface area contributed by atoms with E-state index in [4.69, 9.17) is 14.2 Å². The molecule has 1 rings (SSSR count). The predicted molar refractivity (Wildman–Crippen MR) is 177 cm³/mol. The second kappa shape index (κ2) is 27.6. The molecule has 0 aromatic carbocycles. The van der Waals surface area contributed by atoms with Gasteiger partial charge < -0.3 is 19.3 Å². The van der Waals surface area contributed by atoms with Crippen LogP contribution in [0.1, 0.15) is 149 Å². The molecule has 3 atom stereocenters. The summed E-state index contributed by atoms with van der Waals surface area (Å²) in [4.78, 5) is 23.8. The Morgan fingerprint density at radius 2 is 1.26 bits per heavy atom. The normalized spacial score (nSPS) is 17.4. The smallest absolute Gasteiger partial charge is 0.305 e. The number of hydrogen-bond donors (Lipinski definition) is 1. The molecule has 1 fully saturated rings. The number of epoxide rings is 1. The Labute approximate surface area is 263 Å². The summed E-state index contributed by atoms with van der Waals surface area (Å²) in [6, 6.07) is 0. The summed E-state index contributed by atoms with van der Waals surface area (Å²) in [5.74, 6) is 0.165. The average molecular weight is 605 g/mol. The fourth-order valence-corrected chi connectivity index (χ4v) is 4.94. The van der Waals surface area contributed by atoms with Crippen molar-refractivity contribution in [1.82, 2.24) is 0 Å². The minimum Gasteiger partial charge on any atom is -0.463 e. The first-order valence-corrected chi connectivity index (χ1v) is 17.5. The number of aliphatic hydroxyl groups excluding tert-OH is 1. The number of carbonyl (C=O) groups excluding carboxylic acids is 2. The molecule has 1 N–H and O–H groups in total. The fraction of sp³-hybridized carbons (Fsp3) is 0.784. The minimum atomic E-state index is -0.986. The lowest BCUT2D eigenvalue weighted by atomic mass is 10.0. The first kappa shape index (κ1) is 39.1. The number of carbonyl (C=O) groups is 2. The van der Waals surface area contributed by atoms with Crippen molar-refractivity contribution in [2.75, 3.05) is 13.2 Å². The largest absolute Gasteiger partial charge is 0.463 e. The molecule has 0 aromatic heterocycles. The molecule has 0 saturated carbocycles. The highest BCUT2D eigenvalue weighted by atomic mass is 16.6. The van der Waals surface area contributed by atoms with Crippen molar-refractivity contribution >= 4 is 11.9 Å². The van der Waals surface area contributed by atoms with Gasteiger partial charge in [-0.15, -0.1) is 0 Å². The van der Waals surface area contributed by atoms with Crippen molar-refractivity contribution in [1.29, 1.82) is 0 Å². The zero-order valence-corrected chi connectivity index (χ0v) is 27.8. The molecule has 6 heteroatoms. The lowest BCUT2D eigenvalue weighted by Gasteiger charge is -2.12. The van der Waals surface area contributed by atoms with Crippen LogP contribution in [0.3, 0.4) is 0 Å². The van der Waals surface area contributed by atoms with Gasteiger partial charge in [0.1, 0.15) is 19.3 Å². The van der Waals surface area contributed by atoms with E-state index in [-0.39, 0.29) is 25.2 Å². The lowest BCUT2D eigenvalue weighted by molar-refractivity contribution is -0.152. The van der Waals surface area contributed by atoms with E-state index < -0.39 is 6.10 Å². The van der Waals surface area contributed by atoms with Crippen LogP contribution in [-0.2, 0) is 23.8 Å². The van der Waals surface area contributed by atoms with E-state index in [9.17, 15) is 14.7 Å². The van der Waals surface area contributed by atoms with Crippen molar-refractivity contribution in [3.8, 4) is 0 Å². The van der Waals surface area contributed by atoms with Gasteiger partial charge in [0, 0.05) is 12.8 Å². The highest BCUT2D eigenvalue weighted by Gasteiger charge is 2.36. The molecule has 0 aliphatic carbocycles. The van der Waals surface area contributed by atoms with Crippen LogP contribution in [0.15, 0.2) is 36.5 Å². The van der Waals surface area contributed by atoms with Gasteiger partial charge in [-0.1, -0.05) is 128 Å². The minimum absolute atomic E-state index is 0.136. The second-order valence-corrected chi connectivity index (χ2v) is 12.5. The molecule has 0 amide bonds. The SMILES string of the molecule is CCCCCC1OC1C/C=C\C/C=C\C/C=C\CCCC(=O)OC[C@@H](O)COC(=O)CCCCCCCCCCC(C)C. The van der Waals surface area contributed by atoms with Crippen LogP contribution in [0.2, 0.25) is 0 Å². The van der Waals surface area contributed by atoms with Crippen LogP contribution >= 0.6 is 0 Å². The molecule has 2 unspecified atom stereocenters. The summed E-state index contributed by atoms with van der Waals surface area (Å²) in [6.07, 6.45) is 33.8. The molecule has 248 valence electrons. The molecule has 0 spiro atoms. The van der Waals surface area contributed by atoms with Gasteiger partial charge in [0.2, 0.25) is 0 Å². The van der Waals surface area contributed by atoms with Gasteiger partial charge in [0.25, 0.3) is 0 Å². The molecule has 6 nitrogen and oxygen atoms in total. The molecule has 43 heavy (non-hydrogen) atoms. The van der Waals surface area contributed by atoms with Crippen molar-refractivity contribution in [2.24, 2.45) is 5.92 Å². The third-order valence-corrected chi connectivity index (χ3v) is 7.73. The molecule has 1 aliphatic rings. The zero-order chi connectivity index (χ0) is 31.4. The Kier molecular flexibility index (Phi) is 25.1. The number of allylic oxidation sites excluding steroid dienone is 5. The van der Waals surface area contributed by atoms with Crippen LogP contribution in [0, 0.1) is 5.92 Å². The van der Waals surface area contributed by atoms with Crippen LogP contribution in [-0.4, -0.2) is 48.6 Å². The summed E-state index contributed by atoms with van der Waals surface area (Å²) in [7, 11) is 0. The molecule has 1 heterocycles. The van der Waals surface area contributed by atoms with Crippen LogP contribution in [0.4, 0.5) is 0 Å². The number of esters is 2. The van der Waals surface area contributed by atoms with E-state index in [2.05, 4.69) is 57.2 Å². The first-order chi connectivity index (χ1) is 20.9. The third kappa shape index (κ3) is 26.2. The van der Waals surface area contributed by atoms with E-state index in [1.807, 2.05) is 0 Å². The van der Waals surface area contributed by atoms with Gasteiger partial charge in [0.15, 0.2) is 0 Å². The Bertz CT molecular complexity index is 771. The molecular weight excluding hydrogens is 540 g/mol. The van der Waals surface area contributed by atoms with Gasteiger partial charge in [0.05, 0.1) is 12.2 Å². The summed E-state index contributed by atoms with van der Waals surface area (Å²) in [5.41, 5.74) is 0. The highest BCUT2D eigenvalue weighted by Crippen LogP contribution is 2.30. The molecule has 0 aromatic rings. The third-order valence-electron chi connectivity index (χ3n) is 7.73. The van der Waals surface area contributed by atoms with Gasteiger partial charge >= 0.3 is 11.9 Å². The summed E-state index contributed by atoms with van der Waals surface area (Å²) < 4.78 is 16.0. The summed E-state index contributed by atoms with van der Waals surface area (Å²) in [5, 5.41) is 9.96. The number of ether oxygens (including phenoxy) is 3. The van der Waals surface area contributed by atoms with E-state index in [0.717, 1.165) is 50.9 Å². The van der Waals surface area contributed by atoms with E-state index in [1.165, 1.54) is 64.2 Å². The molecular formula is C37H64O6. The summed E-state index contributed by atoms with van der Waals surface area (Å²) in [6.45, 7) is 6.50. The Morgan fingerprint density at radius 1 is 0.698 bits per heavy atom.